The smallest absolute Gasteiger partial charge is 0.326 e. The number of rotatable bonds is 9. The topological polar surface area (TPSA) is 202 Å². The Morgan fingerprint density at radius 3 is 1.90 bits per heavy atom. The predicted molar refractivity (Wildman–Crippen MR) is 66.6 cm³/mol. The first-order chi connectivity index (χ1) is 9.67. The highest BCUT2D eigenvalue weighted by molar-refractivity contribution is 5.94. The van der Waals surface area contributed by atoms with Crippen LogP contribution >= 0.6 is 0 Å². The number of amides is 3. The molecule has 3 amide bonds. The molecule has 0 fully saturated rings. The fourth-order valence-electron chi connectivity index (χ4n) is 1.31. The molecule has 0 rings (SSSR count). The van der Waals surface area contributed by atoms with E-state index in [0.717, 1.165) is 0 Å². The molecule has 0 aromatic carbocycles. The Balaban J connectivity index is 4.91. The van der Waals surface area contributed by atoms with Crippen LogP contribution in [0.2, 0.25) is 0 Å². The van der Waals surface area contributed by atoms with Crippen molar-refractivity contribution in [2.24, 2.45) is 11.5 Å². The van der Waals surface area contributed by atoms with E-state index in [2.05, 4.69) is 0 Å². The third kappa shape index (κ3) is 7.47. The van der Waals surface area contributed by atoms with Crippen LogP contribution < -0.4 is 22.1 Å². The Hall–Kier alpha value is -2.69. The van der Waals surface area contributed by atoms with E-state index >= 15 is 0 Å². The standard InChI is InChI=1S/C10H16N4O7/c11-3-7(16)13-4(2-8(17)18)9(19)14-5(10(20)21)1-6(12)15/h4-5H,1-3,11H2,(H2,12,15)(H,13,16)(H,14,19)(H,17,18)(H,20,21)/t4-,5-/m0/s1. The maximum atomic E-state index is 11.8. The van der Waals surface area contributed by atoms with Gasteiger partial charge in [0.15, 0.2) is 0 Å². The van der Waals surface area contributed by atoms with Crippen molar-refractivity contribution in [1.29, 1.82) is 0 Å². The highest BCUT2D eigenvalue weighted by atomic mass is 16.4. The van der Waals surface area contributed by atoms with Crippen molar-refractivity contribution in [3.05, 3.63) is 0 Å². The van der Waals surface area contributed by atoms with Crippen molar-refractivity contribution in [3.63, 3.8) is 0 Å². The van der Waals surface area contributed by atoms with Gasteiger partial charge >= 0.3 is 11.9 Å². The number of nitrogens with two attached hydrogens (primary N) is 2. The van der Waals surface area contributed by atoms with Crippen molar-refractivity contribution >= 4 is 29.7 Å². The summed E-state index contributed by atoms with van der Waals surface area (Å²) in [7, 11) is 0. The molecule has 0 aliphatic carbocycles. The van der Waals surface area contributed by atoms with E-state index in [1.165, 1.54) is 0 Å². The van der Waals surface area contributed by atoms with Gasteiger partial charge in [0, 0.05) is 0 Å². The summed E-state index contributed by atoms with van der Waals surface area (Å²) in [6.45, 7) is -0.479. The minimum absolute atomic E-state index is 0.479. The molecule has 0 saturated heterocycles. The van der Waals surface area contributed by atoms with E-state index < -0.39 is 61.1 Å². The van der Waals surface area contributed by atoms with E-state index in [0.29, 0.717) is 0 Å². The second-order valence-corrected chi connectivity index (χ2v) is 3.99. The van der Waals surface area contributed by atoms with E-state index in [4.69, 9.17) is 21.7 Å². The fraction of sp³-hybridized carbons (Fsp3) is 0.500. The number of carboxylic acid groups (broad SMARTS) is 2. The number of aliphatic carboxylic acids is 2. The first-order valence-corrected chi connectivity index (χ1v) is 5.70. The van der Waals surface area contributed by atoms with E-state index in [1.807, 2.05) is 10.6 Å². The van der Waals surface area contributed by atoms with Crippen molar-refractivity contribution < 1.29 is 34.2 Å². The van der Waals surface area contributed by atoms with E-state index in [1.54, 1.807) is 0 Å². The molecule has 118 valence electrons. The number of hydrogen-bond acceptors (Lipinski definition) is 6. The summed E-state index contributed by atoms with van der Waals surface area (Å²) in [4.78, 5) is 55.1. The molecule has 0 aliphatic heterocycles. The molecule has 0 bridgehead atoms. The molecule has 21 heavy (non-hydrogen) atoms. The lowest BCUT2D eigenvalue weighted by Gasteiger charge is -2.19. The molecule has 0 aliphatic rings. The van der Waals surface area contributed by atoms with Gasteiger partial charge in [-0.05, 0) is 0 Å². The molecule has 0 unspecified atom stereocenters. The maximum absolute atomic E-state index is 11.8. The Morgan fingerprint density at radius 2 is 1.52 bits per heavy atom. The summed E-state index contributed by atoms with van der Waals surface area (Å²) in [6, 6.07) is -3.14. The third-order valence-electron chi connectivity index (χ3n) is 2.24. The maximum Gasteiger partial charge on any atom is 0.326 e. The monoisotopic (exact) mass is 304 g/mol. The number of nitrogens with one attached hydrogen (secondary N) is 2. The van der Waals surface area contributed by atoms with Crippen LogP contribution in [0.4, 0.5) is 0 Å². The first-order valence-electron chi connectivity index (χ1n) is 5.70. The molecule has 0 aromatic heterocycles. The van der Waals surface area contributed by atoms with Crippen LogP contribution in [0.5, 0.6) is 0 Å². The van der Waals surface area contributed by atoms with Gasteiger partial charge in [-0.3, -0.25) is 19.2 Å². The second kappa shape index (κ2) is 8.47. The minimum Gasteiger partial charge on any atom is -0.481 e. The van der Waals surface area contributed by atoms with Crippen molar-refractivity contribution in [2.45, 2.75) is 24.9 Å². The van der Waals surface area contributed by atoms with Crippen molar-refractivity contribution in [3.8, 4) is 0 Å². The number of hydrogen-bond donors (Lipinski definition) is 6. The average molecular weight is 304 g/mol. The fourth-order valence-corrected chi connectivity index (χ4v) is 1.31. The van der Waals surface area contributed by atoms with E-state index in [9.17, 15) is 24.0 Å². The Bertz CT molecular complexity index is 451. The van der Waals surface area contributed by atoms with Crippen LogP contribution in [0, 0.1) is 0 Å². The largest absolute Gasteiger partial charge is 0.481 e. The van der Waals surface area contributed by atoms with Crippen LogP contribution in [0.1, 0.15) is 12.8 Å². The van der Waals surface area contributed by atoms with Gasteiger partial charge in [-0.25, -0.2) is 4.79 Å². The Kier molecular flexibility index (Phi) is 7.39. The minimum atomic E-state index is -1.62. The third-order valence-corrected chi connectivity index (χ3v) is 2.24. The van der Waals surface area contributed by atoms with Gasteiger partial charge < -0.3 is 32.3 Å². The van der Waals surface area contributed by atoms with Crippen LogP contribution in [0.15, 0.2) is 0 Å². The molecule has 0 spiro atoms. The number of carbonyl (C=O) groups excluding carboxylic acids is 3. The molecule has 0 heterocycles. The molecule has 8 N–H and O–H groups in total. The summed E-state index contributed by atoms with van der Waals surface area (Å²) in [5.41, 5.74) is 9.85. The molecule has 0 aromatic rings. The van der Waals surface area contributed by atoms with Gasteiger partial charge in [0.1, 0.15) is 12.1 Å². The molecule has 11 nitrogen and oxygen atoms in total. The van der Waals surface area contributed by atoms with Gasteiger partial charge in [0.25, 0.3) is 0 Å². The first kappa shape index (κ1) is 18.3. The van der Waals surface area contributed by atoms with Gasteiger partial charge in [0.05, 0.1) is 19.4 Å². The molecule has 0 saturated carbocycles. The molecule has 11 heteroatoms. The number of primary amides is 1. The molecule has 2 atom stereocenters. The highest BCUT2D eigenvalue weighted by Gasteiger charge is 2.28. The van der Waals surface area contributed by atoms with Gasteiger partial charge in [-0.2, -0.15) is 0 Å². The van der Waals surface area contributed by atoms with Crippen LogP contribution in [-0.4, -0.2) is 58.5 Å². The summed E-state index contributed by atoms with van der Waals surface area (Å²) in [5.74, 6) is -5.76. The Labute approximate surface area is 118 Å². The Morgan fingerprint density at radius 1 is 0.952 bits per heavy atom. The van der Waals surface area contributed by atoms with Crippen molar-refractivity contribution in [2.75, 3.05) is 6.54 Å². The van der Waals surface area contributed by atoms with E-state index in [-0.39, 0.29) is 0 Å². The number of carboxylic acids is 2. The zero-order valence-electron chi connectivity index (χ0n) is 10.9. The molecular weight excluding hydrogens is 288 g/mol. The normalized spacial score (nSPS) is 12.8. The van der Waals surface area contributed by atoms with Crippen LogP contribution in [-0.2, 0) is 24.0 Å². The van der Waals surface area contributed by atoms with Crippen LogP contribution in [0.3, 0.4) is 0 Å². The molecular formula is C10H16N4O7. The second-order valence-electron chi connectivity index (χ2n) is 3.99. The van der Waals surface area contributed by atoms with Crippen molar-refractivity contribution in [1.82, 2.24) is 10.6 Å². The summed E-state index contributed by atoms with van der Waals surface area (Å²) in [6.07, 6.45) is -1.45. The highest BCUT2D eigenvalue weighted by Crippen LogP contribution is 1.98. The predicted octanol–water partition coefficient (Wildman–Crippen LogP) is -3.65. The zero-order chi connectivity index (χ0) is 16.6. The SMILES string of the molecule is NCC(=O)N[C@@H](CC(=O)O)C(=O)N[C@@H](CC(N)=O)C(=O)O. The summed E-state index contributed by atoms with van der Waals surface area (Å²) >= 11 is 0. The van der Waals surface area contributed by atoms with Gasteiger partial charge in [-0.1, -0.05) is 0 Å². The average Bonchev–Trinajstić information content (AvgIpc) is 2.35. The quantitative estimate of drug-likeness (QED) is 0.250. The van der Waals surface area contributed by atoms with Crippen LogP contribution in [0.25, 0.3) is 0 Å². The molecule has 0 radical (unpaired) electrons. The lowest BCUT2D eigenvalue weighted by molar-refractivity contribution is -0.144. The lowest BCUT2D eigenvalue weighted by atomic mass is 10.1. The lowest BCUT2D eigenvalue weighted by Crippen LogP contribution is -2.53. The zero-order valence-corrected chi connectivity index (χ0v) is 10.9. The summed E-state index contributed by atoms with van der Waals surface area (Å²) < 4.78 is 0. The van der Waals surface area contributed by atoms with Gasteiger partial charge in [0.2, 0.25) is 17.7 Å². The number of carbonyl (C=O) groups is 5. The van der Waals surface area contributed by atoms with Gasteiger partial charge in [-0.15, -0.1) is 0 Å². The summed E-state index contributed by atoms with van der Waals surface area (Å²) in [5, 5.41) is 21.4.